The van der Waals surface area contributed by atoms with E-state index in [0.29, 0.717) is 12.5 Å². The van der Waals surface area contributed by atoms with Crippen molar-refractivity contribution in [3.8, 4) is 0 Å². The van der Waals surface area contributed by atoms with E-state index in [-0.39, 0.29) is 24.9 Å². The number of carboxylic acid groups (broad SMARTS) is 1. The minimum atomic E-state index is -0.799. The maximum absolute atomic E-state index is 12.2. The number of hydrogen-bond donors (Lipinski definition) is 1. The average Bonchev–Trinajstić information content (AvgIpc) is 2.77. The highest BCUT2D eigenvalue weighted by atomic mass is 35.5. The summed E-state index contributed by atoms with van der Waals surface area (Å²) in [5, 5.41) is 9.09. The van der Waals surface area contributed by atoms with Crippen LogP contribution in [0.15, 0.2) is 0 Å². The van der Waals surface area contributed by atoms with Crippen LogP contribution < -0.4 is 0 Å². The fourth-order valence-electron chi connectivity index (χ4n) is 3.03. The molecule has 0 aromatic heterocycles. The first kappa shape index (κ1) is 16.2. The largest absolute Gasteiger partial charge is 0.480 e. The van der Waals surface area contributed by atoms with Crippen molar-refractivity contribution in [2.75, 3.05) is 19.6 Å². The second kappa shape index (κ2) is 7.10. The summed E-state index contributed by atoms with van der Waals surface area (Å²) in [4.78, 5) is 27.0. The van der Waals surface area contributed by atoms with Gasteiger partial charge in [-0.15, -0.1) is 12.4 Å². The topological polar surface area (TPSA) is 60.9 Å². The van der Waals surface area contributed by atoms with Crippen LogP contribution in [0.1, 0.15) is 39.0 Å². The van der Waals surface area contributed by atoms with Gasteiger partial charge in [0, 0.05) is 12.6 Å². The van der Waals surface area contributed by atoms with E-state index in [4.69, 9.17) is 5.11 Å². The quantitative estimate of drug-likeness (QED) is 0.852. The van der Waals surface area contributed by atoms with Gasteiger partial charge >= 0.3 is 5.97 Å². The molecule has 0 radical (unpaired) electrons. The predicted octanol–water partition coefficient (Wildman–Crippen LogP) is 1.36. The van der Waals surface area contributed by atoms with Crippen molar-refractivity contribution in [2.45, 2.75) is 51.1 Å². The zero-order chi connectivity index (χ0) is 13.1. The number of carbonyl (C=O) groups excluding carboxylic acids is 1. The Morgan fingerprint density at radius 3 is 2.53 bits per heavy atom. The minimum Gasteiger partial charge on any atom is -0.480 e. The van der Waals surface area contributed by atoms with E-state index in [1.54, 1.807) is 0 Å². The SMILES string of the molecule is CC1CCCCN1C(=O)CN1CCCC1C(=O)O.Cl. The average molecular weight is 291 g/mol. The molecule has 2 fully saturated rings. The van der Waals surface area contributed by atoms with Crippen LogP contribution in [0.4, 0.5) is 0 Å². The summed E-state index contributed by atoms with van der Waals surface area (Å²) < 4.78 is 0. The Morgan fingerprint density at radius 2 is 1.89 bits per heavy atom. The van der Waals surface area contributed by atoms with E-state index in [1.165, 1.54) is 6.42 Å². The lowest BCUT2D eigenvalue weighted by Crippen LogP contribution is -2.48. The van der Waals surface area contributed by atoms with Crippen molar-refractivity contribution in [3.05, 3.63) is 0 Å². The van der Waals surface area contributed by atoms with E-state index in [9.17, 15) is 9.59 Å². The maximum atomic E-state index is 12.2. The van der Waals surface area contributed by atoms with Gasteiger partial charge in [-0.25, -0.2) is 0 Å². The minimum absolute atomic E-state index is 0. The fourth-order valence-corrected chi connectivity index (χ4v) is 3.03. The number of carbonyl (C=O) groups is 2. The molecule has 2 unspecified atom stereocenters. The molecule has 2 aliphatic rings. The highest BCUT2D eigenvalue weighted by Crippen LogP contribution is 2.20. The van der Waals surface area contributed by atoms with Crippen molar-refractivity contribution in [2.24, 2.45) is 0 Å². The van der Waals surface area contributed by atoms with Crippen molar-refractivity contribution in [1.82, 2.24) is 9.80 Å². The van der Waals surface area contributed by atoms with Gasteiger partial charge in [-0.05, 0) is 45.6 Å². The summed E-state index contributed by atoms with van der Waals surface area (Å²) in [5.41, 5.74) is 0. The molecular weight excluding hydrogens is 268 g/mol. The monoisotopic (exact) mass is 290 g/mol. The summed E-state index contributed by atoms with van der Waals surface area (Å²) in [6, 6.07) is -0.161. The Morgan fingerprint density at radius 1 is 1.16 bits per heavy atom. The summed E-state index contributed by atoms with van der Waals surface area (Å²) in [6.07, 6.45) is 4.86. The van der Waals surface area contributed by atoms with Crippen molar-refractivity contribution < 1.29 is 14.7 Å². The van der Waals surface area contributed by atoms with Gasteiger partial charge < -0.3 is 10.0 Å². The first-order valence-corrected chi connectivity index (χ1v) is 6.86. The highest BCUT2D eigenvalue weighted by Gasteiger charge is 2.33. The van der Waals surface area contributed by atoms with Gasteiger partial charge in [0.2, 0.25) is 5.91 Å². The highest BCUT2D eigenvalue weighted by molar-refractivity contribution is 5.85. The summed E-state index contributed by atoms with van der Waals surface area (Å²) >= 11 is 0. The molecule has 0 bridgehead atoms. The molecule has 0 aliphatic carbocycles. The number of likely N-dealkylation sites (tertiary alicyclic amines) is 2. The lowest BCUT2D eigenvalue weighted by atomic mass is 10.0. The van der Waals surface area contributed by atoms with Crippen LogP contribution in [-0.2, 0) is 9.59 Å². The molecule has 2 heterocycles. The number of amides is 1. The first-order valence-electron chi connectivity index (χ1n) is 6.86. The van der Waals surface area contributed by atoms with Crippen molar-refractivity contribution >= 4 is 24.3 Å². The smallest absolute Gasteiger partial charge is 0.320 e. The lowest BCUT2D eigenvalue weighted by Gasteiger charge is -2.35. The van der Waals surface area contributed by atoms with Gasteiger partial charge in [-0.1, -0.05) is 0 Å². The molecule has 0 aromatic rings. The molecule has 0 saturated carbocycles. The van der Waals surface area contributed by atoms with Crippen molar-refractivity contribution in [3.63, 3.8) is 0 Å². The zero-order valence-corrected chi connectivity index (χ0v) is 12.2. The van der Waals surface area contributed by atoms with Crippen molar-refractivity contribution in [1.29, 1.82) is 0 Å². The Labute approximate surface area is 120 Å². The molecule has 2 saturated heterocycles. The summed E-state index contributed by atoms with van der Waals surface area (Å²) in [6.45, 7) is 3.90. The third kappa shape index (κ3) is 3.83. The molecule has 1 amide bonds. The fraction of sp³-hybridized carbons (Fsp3) is 0.846. The number of rotatable bonds is 3. The molecule has 1 N–H and O–H groups in total. The Kier molecular flexibility index (Phi) is 6.07. The molecule has 5 nitrogen and oxygen atoms in total. The molecule has 0 aromatic carbocycles. The normalized spacial score (nSPS) is 27.9. The van der Waals surface area contributed by atoms with E-state index in [1.807, 2.05) is 9.80 Å². The molecule has 2 rings (SSSR count). The van der Waals surface area contributed by atoms with E-state index >= 15 is 0 Å². The standard InChI is InChI=1S/C13H22N2O3.ClH/c1-10-5-2-3-8-15(10)12(16)9-14-7-4-6-11(14)13(17)18;/h10-11H,2-9H2,1H3,(H,17,18);1H. The maximum Gasteiger partial charge on any atom is 0.320 e. The van der Waals surface area contributed by atoms with E-state index in [0.717, 1.165) is 32.4 Å². The van der Waals surface area contributed by atoms with Crippen LogP contribution in [-0.4, -0.2) is 58.5 Å². The van der Waals surface area contributed by atoms with Gasteiger partial charge in [0.1, 0.15) is 6.04 Å². The van der Waals surface area contributed by atoms with Gasteiger partial charge in [0.15, 0.2) is 0 Å². The van der Waals surface area contributed by atoms with Crippen LogP contribution in [0.5, 0.6) is 0 Å². The lowest BCUT2D eigenvalue weighted by molar-refractivity contribution is -0.144. The molecule has 19 heavy (non-hydrogen) atoms. The molecule has 2 aliphatic heterocycles. The number of piperidine rings is 1. The third-order valence-corrected chi connectivity index (χ3v) is 4.11. The number of hydrogen-bond acceptors (Lipinski definition) is 3. The number of aliphatic carboxylic acids is 1. The molecular formula is C13H23ClN2O3. The van der Waals surface area contributed by atoms with Crippen LogP contribution >= 0.6 is 12.4 Å². The second-order valence-electron chi connectivity index (χ2n) is 5.40. The summed E-state index contributed by atoms with van der Waals surface area (Å²) in [7, 11) is 0. The van der Waals surface area contributed by atoms with Crippen LogP contribution in [0, 0.1) is 0 Å². The first-order chi connectivity index (χ1) is 8.59. The number of carboxylic acids is 1. The van der Waals surface area contributed by atoms with E-state index < -0.39 is 12.0 Å². The van der Waals surface area contributed by atoms with Gasteiger partial charge in [-0.3, -0.25) is 14.5 Å². The molecule has 110 valence electrons. The molecule has 2 atom stereocenters. The van der Waals surface area contributed by atoms with Gasteiger partial charge in [-0.2, -0.15) is 0 Å². The third-order valence-electron chi connectivity index (χ3n) is 4.11. The van der Waals surface area contributed by atoms with Gasteiger partial charge in [0.25, 0.3) is 0 Å². The predicted molar refractivity (Wildman–Crippen MR) is 74.5 cm³/mol. The second-order valence-corrected chi connectivity index (χ2v) is 5.40. The van der Waals surface area contributed by atoms with Crippen LogP contribution in [0.25, 0.3) is 0 Å². The molecule has 0 spiro atoms. The summed E-state index contributed by atoms with van der Waals surface area (Å²) in [5.74, 6) is -0.706. The van der Waals surface area contributed by atoms with Gasteiger partial charge in [0.05, 0.1) is 6.54 Å². The Hall–Kier alpha value is -0.810. The van der Waals surface area contributed by atoms with Crippen LogP contribution in [0.2, 0.25) is 0 Å². The zero-order valence-electron chi connectivity index (χ0n) is 11.4. The Bertz CT molecular complexity index is 338. The molecule has 6 heteroatoms. The number of halogens is 1. The van der Waals surface area contributed by atoms with Crippen LogP contribution in [0.3, 0.4) is 0 Å². The van der Waals surface area contributed by atoms with E-state index in [2.05, 4.69) is 6.92 Å². The Balaban J connectivity index is 0.00000180. The number of nitrogens with zero attached hydrogens (tertiary/aromatic N) is 2.